The molecule has 2 atom stereocenters. The van der Waals surface area contributed by atoms with E-state index in [1.54, 1.807) is 0 Å². The maximum absolute atomic E-state index is 10.2. The monoisotopic (exact) mass is 252 g/mol. The van der Waals surface area contributed by atoms with E-state index in [1.807, 2.05) is 37.3 Å². The van der Waals surface area contributed by atoms with Crippen molar-refractivity contribution in [3.05, 3.63) is 35.9 Å². The predicted molar refractivity (Wildman–Crippen MR) is 72.5 cm³/mol. The van der Waals surface area contributed by atoms with Crippen LogP contribution in [0.15, 0.2) is 30.3 Å². The summed E-state index contributed by atoms with van der Waals surface area (Å²) in [4.78, 5) is 0. The lowest BCUT2D eigenvalue weighted by molar-refractivity contribution is -0.0587. The molecule has 2 unspecified atom stereocenters. The van der Waals surface area contributed by atoms with Crippen LogP contribution >= 0.6 is 0 Å². The molecule has 0 fully saturated rings. The molecule has 18 heavy (non-hydrogen) atoms. The molecule has 3 nitrogen and oxygen atoms in total. The van der Waals surface area contributed by atoms with Crippen molar-refractivity contribution in [2.45, 2.75) is 38.9 Å². The molecule has 0 aliphatic heterocycles. The van der Waals surface area contributed by atoms with Gasteiger partial charge in [0.2, 0.25) is 0 Å². The molecule has 1 aromatic rings. The van der Waals surface area contributed by atoms with Crippen molar-refractivity contribution >= 4 is 0 Å². The average molecular weight is 252 g/mol. The summed E-state index contributed by atoms with van der Waals surface area (Å²) in [6.45, 7) is 5.98. The molecule has 3 heteroatoms. The predicted octanol–water partition coefficient (Wildman–Crippen LogP) is 2.94. The second-order valence-electron chi connectivity index (χ2n) is 4.29. The minimum absolute atomic E-state index is 0.169. The lowest BCUT2D eigenvalue weighted by Gasteiger charge is -2.22. The van der Waals surface area contributed by atoms with E-state index >= 15 is 0 Å². The van der Waals surface area contributed by atoms with Gasteiger partial charge in [0.05, 0.1) is 19.3 Å². The number of benzene rings is 1. The third kappa shape index (κ3) is 5.17. The third-order valence-electron chi connectivity index (χ3n) is 2.80. The number of aliphatic hydroxyl groups excluding tert-OH is 1. The summed E-state index contributed by atoms with van der Waals surface area (Å²) < 4.78 is 11.0. The summed E-state index contributed by atoms with van der Waals surface area (Å²) in [7, 11) is 0. The van der Waals surface area contributed by atoms with Crippen molar-refractivity contribution in [2.24, 2.45) is 0 Å². The van der Waals surface area contributed by atoms with E-state index in [0.717, 1.165) is 25.0 Å². The summed E-state index contributed by atoms with van der Waals surface area (Å²) in [5, 5.41) is 10.2. The average Bonchev–Trinajstić information content (AvgIpc) is 2.43. The third-order valence-corrected chi connectivity index (χ3v) is 2.80. The van der Waals surface area contributed by atoms with Gasteiger partial charge in [-0.2, -0.15) is 0 Å². The van der Waals surface area contributed by atoms with Crippen molar-refractivity contribution in [3.63, 3.8) is 0 Å². The maximum atomic E-state index is 10.2. The molecule has 0 heterocycles. The molecule has 1 N–H and O–H groups in total. The second-order valence-corrected chi connectivity index (χ2v) is 4.29. The molecule has 1 rings (SSSR count). The smallest absolute Gasteiger partial charge is 0.105 e. The highest BCUT2D eigenvalue weighted by Crippen LogP contribution is 2.20. The standard InChI is InChI=1S/C15H24O3/c1-3-10-17-11-12-18-14(4-2)15(16)13-8-6-5-7-9-13/h5-9,14-16H,3-4,10-12H2,1-2H3. The zero-order chi connectivity index (χ0) is 13.2. The van der Waals surface area contributed by atoms with Crippen LogP contribution in [-0.4, -0.2) is 31.0 Å². The van der Waals surface area contributed by atoms with Gasteiger partial charge in [-0.15, -0.1) is 0 Å². The molecule has 0 bridgehead atoms. The number of hydrogen-bond acceptors (Lipinski definition) is 3. The highest BCUT2D eigenvalue weighted by molar-refractivity contribution is 5.18. The minimum Gasteiger partial charge on any atom is -0.386 e. The maximum Gasteiger partial charge on any atom is 0.105 e. The Balaban J connectivity index is 2.36. The highest BCUT2D eigenvalue weighted by atomic mass is 16.5. The van der Waals surface area contributed by atoms with Crippen LogP contribution in [0.5, 0.6) is 0 Å². The summed E-state index contributed by atoms with van der Waals surface area (Å²) >= 11 is 0. The molecule has 0 aromatic heterocycles. The van der Waals surface area contributed by atoms with Gasteiger partial charge >= 0.3 is 0 Å². The Hall–Kier alpha value is -0.900. The van der Waals surface area contributed by atoms with Crippen LogP contribution in [-0.2, 0) is 9.47 Å². The van der Waals surface area contributed by atoms with Gasteiger partial charge in [0.25, 0.3) is 0 Å². The van der Waals surface area contributed by atoms with E-state index in [9.17, 15) is 5.11 Å². The molecule has 0 aliphatic rings. The van der Waals surface area contributed by atoms with Crippen LogP contribution in [0.1, 0.15) is 38.4 Å². The molecule has 0 amide bonds. The van der Waals surface area contributed by atoms with Gasteiger partial charge in [-0.3, -0.25) is 0 Å². The molecule has 0 radical (unpaired) electrons. The zero-order valence-electron chi connectivity index (χ0n) is 11.3. The molecule has 0 aliphatic carbocycles. The first-order valence-electron chi connectivity index (χ1n) is 6.72. The van der Waals surface area contributed by atoms with E-state index in [4.69, 9.17) is 9.47 Å². The molecule has 0 spiro atoms. The summed E-state index contributed by atoms with van der Waals surface area (Å²) in [5.41, 5.74) is 0.902. The van der Waals surface area contributed by atoms with Gasteiger partial charge in [0.15, 0.2) is 0 Å². The van der Waals surface area contributed by atoms with Crippen molar-refractivity contribution in [1.82, 2.24) is 0 Å². The number of hydrogen-bond donors (Lipinski definition) is 1. The minimum atomic E-state index is -0.567. The van der Waals surface area contributed by atoms with Crippen LogP contribution in [0.4, 0.5) is 0 Å². The zero-order valence-corrected chi connectivity index (χ0v) is 11.3. The first-order chi connectivity index (χ1) is 8.79. The van der Waals surface area contributed by atoms with E-state index < -0.39 is 6.10 Å². The summed E-state index contributed by atoms with van der Waals surface area (Å²) in [6, 6.07) is 9.64. The van der Waals surface area contributed by atoms with Gasteiger partial charge in [0.1, 0.15) is 6.10 Å². The quantitative estimate of drug-likeness (QED) is 0.687. The Kier molecular flexibility index (Phi) is 7.65. The van der Waals surface area contributed by atoms with Crippen molar-refractivity contribution in [2.75, 3.05) is 19.8 Å². The largest absolute Gasteiger partial charge is 0.386 e. The van der Waals surface area contributed by atoms with Crippen LogP contribution in [0.2, 0.25) is 0 Å². The van der Waals surface area contributed by atoms with Gasteiger partial charge < -0.3 is 14.6 Å². The van der Waals surface area contributed by atoms with Gasteiger partial charge in [-0.25, -0.2) is 0 Å². The van der Waals surface area contributed by atoms with E-state index in [-0.39, 0.29) is 6.10 Å². The summed E-state index contributed by atoms with van der Waals surface area (Å²) in [5.74, 6) is 0. The molecular formula is C15H24O3. The fourth-order valence-corrected chi connectivity index (χ4v) is 1.80. The highest BCUT2D eigenvalue weighted by Gasteiger charge is 2.19. The molecular weight excluding hydrogens is 228 g/mol. The van der Waals surface area contributed by atoms with Crippen molar-refractivity contribution in [1.29, 1.82) is 0 Å². The van der Waals surface area contributed by atoms with Gasteiger partial charge in [-0.05, 0) is 18.4 Å². The Morgan fingerprint density at radius 2 is 1.78 bits per heavy atom. The Bertz CT molecular complexity index is 300. The fourth-order valence-electron chi connectivity index (χ4n) is 1.80. The molecule has 102 valence electrons. The summed E-state index contributed by atoms with van der Waals surface area (Å²) in [6.07, 6.45) is 1.06. The normalized spacial score (nSPS) is 14.4. The van der Waals surface area contributed by atoms with Crippen molar-refractivity contribution < 1.29 is 14.6 Å². The first kappa shape index (κ1) is 15.2. The Labute approximate surface area is 110 Å². The van der Waals surface area contributed by atoms with Crippen LogP contribution < -0.4 is 0 Å². The second kappa shape index (κ2) is 9.09. The van der Waals surface area contributed by atoms with E-state index in [1.165, 1.54) is 0 Å². The number of ether oxygens (including phenoxy) is 2. The number of rotatable bonds is 9. The lowest BCUT2D eigenvalue weighted by Crippen LogP contribution is -2.23. The lowest BCUT2D eigenvalue weighted by atomic mass is 10.0. The molecule has 0 saturated heterocycles. The Morgan fingerprint density at radius 1 is 1.06 bits per heavy atom. The van der Waals surface area contributed by atoms with E-state index in [2.05, 4.69) is 6.92 Å². The first-order valence-corrected chi connectivity index (χ1v) is 6.72. The SMILES string of the molecule is CCCOCCOC(CC)C(O)c1ccccc1. The van der Waals surface area contributed by atoms with Crippen molar-refractivity contribution in [3.8, 4) is 0 Å². The molecule has 1 aromatic carbocycles. The molecule has 0 saturated carbocycles. The van der Waals surface area contributed by atoms with Crippen LogP contribution in [0, 0.1) is 0 Å². The van der Waals surface area contributed by atoms with Gasteiger partial charge in [0, 0.05) is 6.61 Å². The van der Waals surface area contributed by atoms with E-state index in [0.29, 0.717) is 13.2 Å². The topological polar surface area (TPSA) is 38.7 Å². The number of aliphatic hydroxyl groups is 1. The van der Waals surface area contributed by atoms with Gasteiger partial charge in [-0.1, -0.05) is 44.2 Å². The Morgan fingerprint density at radius 3 is 2.39 bits per heavy atom. The van der Waals surface area contributed by atoms with Crippen LogP contribution in [0.3, 0.4) is 0 Å². The fraction of sp³-hybridized carbons (Fsp3) is 0.600. The van der Waals surface area contributed by atoms with Crippen LogP contribution in [0.25, 0.3) is 0 Å².